The van der Waals surface area contributed by atoms with Gasteiger partial charge in [-0.15, -0.1) is 0 Å². The van der Waals surface area contributed by atoms with Gasteiger partial charge < -0.3 is 9.47 Å². The average Bonchev–Trinajstić information content (AvgIpc) is 2.45. The number of Topliss-reactive ketones (excluding diaryl/α,β-unsaturated/α-hetero) is 1. The summed E-state index contributed by atoms with van der Waals surface area (Å²) in [5.41, 5.74) is 0.654. The number of carbonyl (C=O) groups excluding carboxylic acids is 1. The maximum Gasteiger partial charge on any atom is 0.171 e. The number of ketones is 1. The van der Waals surface area contributed by atoms with Gasteiger partial charge in [0.25, 0.3) is 0 Å². The Kier molecular flexibility index (Phi) is 4.46. The van der Waals surface area contributed by atoms with Crippen LogP contribution in [0.4, 0.5) is 0 Å². The van der Waals surface area contributed by atoms with Crippen molar-refractivity contribution in [1.29, 1.82) is 0 Å². The molecule has 0 bridgehead atoms. The Labute approximate surface area is 114 Å². The van der Waals surface area contributed by atoms with Crippen molar-refractivity contribution in [2.75, 3.05) is 14.2 Å². The minimum atomic E-state index is 0.129. The van der Waals surface area contributed by atoms with Crippen LogP contribution < -0.4 is 9.47 Å². The highest BCUT2D eigenvalue weighted by Crippen LogP contribution is 2.36. The van der Waals surface area contributed by atoms with E-state index in [2.05, 4.69) is 6.92 Å². The van der Waals surface area contributed by atoms with Crippen molar-refractivity contribution >= 4 is 5.78 Å². The van der Waals surface area contributed by atoms with Gasteiger partial charge in [0, 0.05) is 5.92 Å². The molecule has 0 amide bonds. The fourth-order valence-corrected chi connectivity index (χ4v) is 2.97. The predicted octanol–water partition coefficient (Wildman–Crippen LogP) is 3.71. The SMILES string of the molecule is COc1cccc(C(=O)C2CCCC(C)C2)c1OC. The van der Waals surface area contributed by atoms with E-state index in [-0.39, 0.29) is 11.7 Å². The molecule has 0 heterocycles. The van der Waals surface area contributed by atoms with E-state index < -0.39 is 0 Å². The number of benzene rings is 1. The molecule has 1 saturated carbocycles. The fourth-order valence-electron chi connectivity index (χ4n) is 2.97. The zero-order chi connectivity index (χ0) is 13.8. The lowest BCUT2D eigenvalue weighted by Gasteiger charge is -2.26. The third kappa shape index (κ3) is 2.91. The van der Waals surface area contributed by atoms with Crippen molar-refractivity contribution in [3.8, 4) is 11.5 Å². The van der Waals surface area contributed by atoms with E-state index in [4.69, 9.17) is 9.47 Å². The van der Waals surface area contributed by atoms with Crippen molar-refractivity contribution in [1.82, 2.24) is 0 Å². The molecular weight excluding hydrogens is 240 g/mol. The number of rotatable bonds is 4. The van der Waals surface area contributed by atoms with Gasteiger partial charge in [-0.3, -0.25) is 4.79 Å². The lowest BCUT2D eigenvalue weighted by Crippen LogP contribution is -2.22. The van der Waals surface area contributed by atoms with Crippen LogP contribution in [0.1, 0.15) is 43.0 Å². The minimum absolute atomic E-state index is 0.129. The van der Waals surface area contributed by atoms with Crippen LogP contribution in [0.25, 0.3) is 0 Å². The molecule has 0 N–H and O–H groups in total. The minimum Gasteiger partial charge on any atom is -0.493 e. The molecule has 1 aromatic rings. The Morgan fingerprint density at radius 2 is 2.00 bits per heavy atom. The van der Waals surface area contributed by atoms with Crippen LogP contribution in [0.15, 0.2) is 18.2 Å². The van der Waals surface area contributed by atoms with Crippen LogP contribution in [-0.4, -0.2) is 20.0 Å². The zero-order valence-electron chi connectivity index (χ0n) is 11.9. The Morgan fingerprint density at radius 3 is 2.63 bits per heavy atom. The maximum atomic E-state index is 12.7. The average molecular weight is 262 g/mol. The molecule has 19 heavy (non-hydrogen) atoms. The summed E-state index contributed by atoms with van der Waals surface area (Å²) in [6, 6.07) is 5.50. The van der Waals surface area contributed by atoms with Gasteiger partial charge in [0.15, 0.2) is 17.3 Å². The molecule has 0 aliphatic heterocycles. The monoisotopic (exact) mass is 262 g/mol. The van der Waals surface area contributed by atoms with Crippen molar-refractivity contribution in [3.63, 3.8) is 0 Å². The Bertz CT molecular complexity index is 453. The molecule has 2 atom stereocenters. The molecule has 0 spiro atoms. The number of hydrogen-bond acceptors (Lipinski definition) is 3. The predicted molar refractivity (Wildman–Crippen MR) is 75.0 cm³/mol. The molecule has 104 valence electrons. The first-order valence-electron chi connectivity index (χ1n) is 6.92. The second kappa shape index (κ2) is 6.09. The van der Waals surface area contributed by atoms with Crippen molar-refractivity contribution in [3.05, 3.63) is 23.8 Å². The van der Waals surface area contributed by atoms with Gasteiger partial charge in [0.1, 0.15) is 0 Å². The molecule has 2 unspecified atom stereocenters. The topological polar surface area (TPSA) is 35.5 Å². The van der Waals surface area contributed by atoms with E-state index >= 15 is 0 Å². The zero-order valence-corrected chi connectivity index (χ0v) is 11.9. The normalized spacial score (nSPS) is 22.9. The lowest BCUT2D eigenvalue weighted by molar-refractivity contribution is 0.0864. The summed E-state index contributed by atoms with van der Waals surface area (Å²) in [6.45, 7) is 2.22. The fraction of sp³-hybridized carbons (Fsp3) is 0.562. The second-order valence-electron chi connectivity index (χ2n) is 5.37. The Balaban J connectivity index is 2.28. The molecule has 1 aliphatic carbocycles. The molecule has 0 radical (unpaired) electrons. The third-order valence-electron chi connectivity index (χ3n) is 3.98. The molecule has 1 fully saturated rings. The van der Waals surface area contributed by atoms with E-state index in [1.54, 1.807) is 14.2 Å². The van der Waals surface area contributed by atoms with Gasteiger partial charge in [0.2, 0.25) is 0 Å². The van der Waals surface area contributed by atoms with Crippen LogP contribution in [-0.2, 0) is 0 Å². The molecule has 0 aromatic heterocycles. The smallest absolute Gasteiger partial charge is 0.171 e. The van der Waals surface area contributed by atoms with Crippen molar-refractivity contribution < 1.29 is 14.3 Å². The summed E-state index contributed by atoms with van der Waals surface area (Å²) >= 11 is 0. The summed E-state index contributed by atoms with van der Waals surface area (Å²) in [7, 11) is 3.17. The molecule has 3 heteroatoms. The number of para-hydroxylation sites is 1. The Hall–Kier alpha value is -1.51. The largest absolute Gasteiger partial charge is 0.493 e. The van der Waals surface area contributed by atoms with Gasteiger partial charge in [-0.1, -0.05) is 25.8 Å². The lowest BCUT2D eigenvalue weighted by atomic mass is 9.78. The van der Waals surface area contributed by atoms with Crippen molar-refractivity contribution in [2.45, 2.75) is 32.6 Å². The van der Waals surface area contributed by atoms with E-state index in [1.165, 1.54) is 6.42 Å². The Morgan fingerprint density at radius 1 is 1.21 bits per heavy atom. The first kappa shape index (κ1) is 13.9. The van der Waals surface area contributed by atoms with E-state index in [1.807, 2.05) is 18.2 Å². The number of methoxy groups -OCH3 is 2. The summed E-state index contributed by atoms with van der Waals surface area (Å²) in [6.07, 6.45) is 4.35. The summed E-state index contributed by atoms with van der Waals surface area (Å²) in [5, 5.41) is 0. The quantitative estimate of drug-likeness (QED) is 0.776. The standard InChI is InChI=1S/C16H22O3/c1-11-6-4-7-12(10-11)15(17)13-8-5-9-14(18-2)16(13)19-3/h5,8-9,11-12H,4,6-7,10H2,1-3H3. The van der Waals surface area contributed by atoms with Crippen LogP contribution in [0.3, 0.4) is 0 Å². The summed E-state index contributed by atoms with van der Waals surface area (Å²) in [5.74, 6) is 2.15. The van der Waals surface area contributed by atoms with Gasteiger partial charge in [0.05, 0.1) is 19.8 Å². The number of ether oxygens (including phenoxy) is 2. The first-order valence-corrected chi connectivity index (χ1v) is 6.92. The summed E-state index contributed by atoms with van der Waals surface area (Å²) in [4.78, 5) is 12.7. The van der Waals surface area contributed by atoms with E-state index in [0.29, 0.717) is 23.0 Å². The molecular formula is C16H22O3. The second-order valence-corrected chi connectivity index (χ2v) is 5.37. The molecule has 1 aliphatic rings. The van der Waals surface area contributed by atoms with E-state index in [0.717, 1.165) is 19.3 Å². The van der Waals surface area contributed by atoms with Gasteiger partial charge >= 0.3 is 0 Å². The van der Waals surface area contributed by atoms with Gasteiger partial charge in [-0.2, -0.15) is 0 Å². The molecule has 3 nitrogen and oxygen atoms in total. The highest BCUT2D eigenvalue weighted by atomic mass is 16.5. The summed E-state index contributed by atoms with van der Waals surface area (Å²) < 4.78 is 10.6. The first-order chi connectivity index (χ1) is 9.17. The number of hydrogen-bond donors (Lipinski definition) is 0. The molecule has 0 saturated heterocycles. The van der Waals surface area contributed by atoms with E-state index in [9.17, 15) is 4.79 Å². The van der Waals surface area contributed by atoms with Crippen LogP contribution in [0.2, 0.25) is 0 Å². The third-order valence-corrected chi connectivity index (χ3v) is 3.98. The van der Waals surface area contributed by atoms with Crippen LogP contribution in [0.5, 0.6) is 11.5 Å². The number of carbonyl (C=O) groups is 1. The molecule has 1 aromatic carbocycles. The van der Waals surface area contributed by atoms with Crippen LogP contribution in [0, 0.1) is 11.8 Å². The highest BCUT2D eigenvalue weighted by Gasteiger charge is 2.28. The molecule has 2 rings (SSSR count). The van der Waals surface area contributed by atoms with Crippen LogP contribution >= 0.6 is 0 Å². The highest BCUT2D eigenvalue weighted by molar-refractivity contribution is 6.01. The van der Waals surface area contributed by atoms with Gasteiger partial charge in [-0.05, 0) is 30.9 Å². The maximum absolute atomic E-state index is 12.7. The van der Waals surface area contributed by atoms with Crippen molar-refractivity contribution in [2.24, 2.45) is 11.8 Å². The van der Waals surface area contributed by atoms with Gasteiger partial charge in [-0.25, -0.2) is 0 Å².